The van der Waals surface area contributed by atoms with Crippen LogP contribution in [0.3, 0.4) is 0 Å². The maximum absolute atomic E-state index is 12.4. The lowest BCUT2D eigenvalue weighted by molar-refractivity contribution is 0.0597. The van der Waals surface area contributed by atoms with Crippen LogP contribution in [0.15, 0.2) is 23.1 Å². The topological polar surface area (TPSA) is 92.7 Å². The van der Waals surface area contributed by atoms with Crippen LogP contribution < -0.4 is 4.72 Å². The van der Waals surface area contributed by atoms with Gasteiger partial charge in [0.05, 0.1) is 12.0 Å². The summed E-state index contributed by atoms with van der Waals surface area (Å²) in [6, 6.07) is 3.52. The molecule has 0 saturated heterocycles. The zero-order valence-electron chi connectivity index (χ0n) is 12.6. The molecule has 0 amide bonds. The summed E-state index contributed by atoms with van der Waals surface area (Å²) in [6.45, 7) is 5.59. The number of benzene rings is 1. The van der Waals surface area contributed by atoms with Crippen LogP contribution >= 0.6 is 0 Å². The van der Waals surface area contributed by atoms with E-state index in [9.17, 15) is 18.3 Å². The Morgan fingerprint density at radius 2 is 1.90 bits per heavy atom. The molecule has 0 bridgehead atoms. The average molecular weight is 315 g/mol. The Morgan fingerprint density at radius 3 is 2.38 bits per heavy atom. The number of phenolic OH excluding ortho intramolecular Hbond substituents is 1. The molecule has 1 aromatic rings. The fourth-order valence-corrected chi connectivity index (χ4v) is 3.31. The van der Waals surface area contributed by atoms with Crippen LogP contribution in [0, 0.1) is 0 Å². The number of sulfonamides is 1. The van der Waals surface area contributed by atoms with Gasteiger partial charge in [-0.2, -0.15) is 0 Å². The molecule has 1 rings (SSSR count). The van der Waals surface area contributed by atoms with Crippen molar-refractivity contribution in [3.63, 3.8) is 0 Å². The van der Waals surface area contributed by atoms with Gasteiger partial charge in [-0.25, -0.2) is 17.9 Å². The van der Waals surface area contributed by atoms with Crippen molar-refractivity contribution in [2.45, 2.75) is 44.0 Å². The third-order valence-corrected chi connectivity index (χ3v) is 5.26. The molecule has 2 N–H and O–H groups in total. The molecule has 0 heterocycles. The largest absolute Gasteiger partial charge is 0.507 e. The molecule has 118 valence electrons. The van der Waals surface area contributed by atoms with E-state index >= 15 is 0 Å². The molecule has 0 fully saturated rings. The standard InChI is InChI=1S/C14H21NO5S/c1-5-14(3,6-2)15-21(18,19)10-7-8-12(16)11(9-10)13(17)20-4/h7-9,15-16H,5-6H2,1-4H3. The van der Waals surface area contributed by atoms with E-state index in [2.05, 4.69) is 9.46 Å². The summed E-state index contributed by atoms with van der Waals surface area (Å²) < 4.78 is 31.9. The fourth-order valence-electron chi connectivity index (χ4n) is 1.73. The minimum absolute atomic E-state index is 0.0891. The van der Waals surface area contributed by atoms with E-state index in [0.717, 1.165) is 19.2 Å². The van der Waals surface area contributed by atoms with Gasteiger partial charge in [-0.15, -0.1) is 0 Å². The zero-order valence-corrected chi connectivity index (χ0v) is 13.5. The van der Waals surface area contributed by atoms with Crippen molar-refractivity contribution in [3.8, 4) is 5.75 Å². The molecule has 0 aromatic heterocycles. The van der Waals surface area contributed by atoms with E-state index < -0.39 is 21.5 Å². The molecule has 0 aliphatic rings. The highest BCUT2D eigenvalue weighted by Crippen LogP contribution is 2.24. The summed E-state index contributed by atoms with van der Waals surface area (Å²) in [5.74, 6) is -1.12. The van der Waals surface area contributed by atoms with E-state index in [1.165, 1.54) is 6.07 Å². The minimum atomic E-state index is -3.79. The van der Waals surface area contributed by atoms with Gasteiger partial charge in [0.1, 0.15) is 11.3 Å². The highest BCUT2D eigenvalue weighted by molar-refractivity contribution is 7.89. The SMILES string of the molecule is CCC(C)(CC)NS(=O)(=O)c1ccc(O)c(C(=O)OC)c1. The van der Waals surface area contributed by atoms with Gasteiger partial charge in [0.2, 0.25) is 10.0 Å². The number of methoxy groups -OCH3 is 1. The molecule has 0 spiro atoms. The number of hydrogen-bond acceptors (Lipinski definition) is 5. The van der Waals surface area contributed by atoms with Gasteiger partial charge in [-0.1, -0.05) is 13.8 Å². The Balaban J connectivity index is 3.24. The second-order valence-corrected chi connectivity index (χ2v) is 6.73. The Kier molecular flexibility index (Phi) is 5.36. The van der Waals surface area contributed by atoms with Crippen molar-refractivity contribution in [2.24, 2.45) is 0 Å². The van der Waals surface area contributed by atoms with E-state index in [1.54, 1.807) is 0 Å². The monoisotopic (exact) mass is 315 g/mol. The van der Waals surface area contributed by atoms with Crippen LogP contribution in [-0.2, 0) is 14.8 Å². The van der Waals surface area contributed by atoms with Gasteiger partial charge in [0.25, 0.3) is 0 Å². The van der Waals surface area contributed by atoms with Crippen molar-refractivity contribution in [1.29, 1.82) is 0 Å². The zero-order chi connectivity index (χ0) is 16.3. The van der Waals surface area contributed by atoms with Crippen LogP contribution in [0.25, 0.3) is 0 Å². The van der Waals surface area contributed by atoms with Gasteiger partial charge in [-0.05, 0) is 38.0 Å². The predicted molar refractivity (Wildman–Crippen MR) is 78.8 cm³/mol. The number of hydrogen-bond donors (Lipinski definition) is 2. The van der Waals surface area contributed by atoms with E-state index in [4.69, 9.17) is 0 Å². The van der Waals surface area contributed by atoms with Crippen LogP contribution in [0.5, 0.6) is 5.75 Å². The molecular formula is C14H21NO5S. The van der Waals surface area contributed by atoms with Crippen LogP contribution in [0.4, 0.5) is 0 Å². The summed E-state index contributed by atoms with van der Waals surface area (Å²) in [7, 11) is -2.63. The summed E-state index contributed by atoms with van der Waals surface area (Å²) in [5.41, 5.74) is -0.752. The molecule has 21 heavy (non-hydrogen) atoms. The van der Waals surface area contributed by atoms with Crippen molar-refractivity contribution in [2.75, 3.05) is 7.11 Å². The first-order valence-electron chi connectivity index (χ1n) is 6.64. The highest BCUT2D eigenvalue weighted by Gasteiger charge is 2.28. The number of ether oxygens (including phenoxy) is 1. The third-order valence-electron chi connectivity index (χ3n) is 3.63. The minimum Gasteiger partial charge on any atom is -0.507 e. The second-order valence-electron chi connectivity index (χ2n) is 5.04. The number of phenols is 1. The molecule has 0 radical (unpaired) electrons. The molecule has 0 saturated carbocycles. The van der Waals surface area contributed by atoms with Gasteiger partial charge in [0, 0.05) is 5.54 Å². The van der Waals surface area contributed by atoms with Gasteiger partial charge in [-0.3, -0.25) is 0 Å². The molecule has 1 aromatic carbocycles. The quantitative estimate of drug-likeness (QED) is 0.784. The number of esters is 1. The normalized spacial score (nSPS) is 12.2. The molecular weight excluding hydrogens is 294 g/mol. The van der Waals surface area contributed by atoms with E-state index in [-0.39, 0.29) is 16.2 Å². The lowest BCUT2D eigenvalue weighted by Crippen LogP contribution is -2.44. The first kappa shape index (κ1) is 17.5. The number of nitrogens with one attached hydrogen (secondary N) is 1. The van der Waals surface area contributed by atoms with Crippen molar-refractivity contribution < 1.29 is 23.1 Å². The number of aromatic hydroxyl groups is 1. The Morgan fingerprint density at radius 1 is 1.33 bits per heavy atom. The average Bonchev–Trinajstić information content (AvgIpc) is 2.46. The maximum Gasteiger partial charge on any atom is 0.341 e. The number of carbonyl (C=O) groups excluding carboxylic acids is 1. The van der Waals surface area contributed by atoms with Gasteiger partial charge >= 0.3 is 5.97 Å². The highest BCUT2D eigenvalue weighted by atomic mass is 32.2. The van der Waals surface area contributed by atoms with Gasteiger partial charge < -0.3 is 9.84 Å². The van der Waals surface area contributed by atoms with Crippen molar-refractivity contribution in [1.82, 2.24) is 4.72 Å². The van der Waals surface area contributed by atoms with E-state index in [0.29, 0.717) is 12.8 Å². The molecule has 6 nitrogen and oxygen atoms in total. The molecule has 7 heteroatoms. The molecule has 0 atom stereocenters. The van der Waals surface area contributed by atoms with Crippen molar-refractivity contribution >= 4 is 16.0 Å². The predicted octanol–water partition coefficient (Wildman–Crippen LogP) is 2.04. The Hall–Kier alpha value is -1.60. The van der Waals surface area contributed by atoms with E-state index in [1.807, 2.05) is 20.8 Å². The van der Waals surface area contributed by atoms with Crippen LogP contribution in [-0.4, -0.2) is 32.1 Å². The number of carbonyl (C=O) groups is 1. The van der Waals surface area contributed by atoms with Crippen LogP contribution in [0.1, 0.15) is 44.0 Å². The summed E-state index contributed by atoms with van der Waals surface area (Å²) >= 11 is 0. The smallest absolute Gasteiger partial charge is 0.341 e. The first-order valence-corrected chi connectivity index (χ1v) is 8.12. The summed E-state index contributed by atoms with van der Waals surface area (Å²) in [6.07, 6.45) is 1.26. The van der Waals surface area contributed by atoms with Gasteiger partial charge in [0.15, 0.2) is 0 Å². The molecule has 0 unspecified atom stereocenters. The second kappa shape index (κ2) is 6.44. The molecule has 0 aliphatic heterocycles. The maximum atomic E-state index is 12.4. The lowest BCUT2D eigenvalue weighted by Gasteiger charge is -2.27. The molecule has 0 aliphatic carbocycles. The summed E-state index contributed by atoms with van der Waals surface area (Å²) in [5, 5.41) is 9.61. The first-order chi connectivity index (χ1) is 9.69. The van der Waals surface area contributed by atoms with Crippen molar-refractivity contribution in [3.05, 3.63) is 23.8 Å². The summed E-state index contributed by atoms with van der Waals surface area (Å²) in [4.78, 5) is 11.4. The fraction of sp³-hybridized carbons (Fsp3) is 0.500. The number of rotatable bonds is 6. The third kappa shape index (κ3) is 3.95. The van der Waals surface area contributed by atoms with Crippen LogP contribution in [0.2, 0.25) is 0 Å². The Bertz CT molecular complexity index is 620. The lowest BCUT2D eigenvalue weighted by atomic mass is 9.98. The Labute approximate surface area is 125 Å².